The van der Waals surface area contributed by atoms with Gasteiger partial charge in [-0.1, -0.05) is 55.1 Å². The molecule has 0 heterocycles. The molecule has 1 heteroatoms. The number of hydrogen-bond acceptors (Lipinski definition) is 1. The normalized spacial score (nSPS) is 9.89. The van der Waals surface area contributed by atoms with E-state index in [4.69, 9.17) is 0 Å². The summed E-state index contributed by atoms with van der Waals surface area (Å²) in [7, 11) is 0. The zero-order valence-corrected chi connectivity index (χ0v) is 10.9. The van der Waals surface area contributed by atoms with Gasteiger partial charge in [0, 0.05) is 11.3 Å². The van der Waals surface area contributed by atoms with Crippen LogP contribution in [0.4, 0.5) is 5.69 Å². The Morgan fingerprint density at radius 3 is 2.17 bits per heavy atom. The Morgan fingerprint density at radius 2 is 1.50 bits per heavy atom. The molecule has 2 rings (SSSR count). The lowest BCUT2D eigenvalue weighted by molar-refractivity contribution is 1.44. The van der Waals surface area contributed by atoms with Gasteiger partial charge in [0.2, 0.25) is 0 Å². The largest absolute Gasteiger partial charge is 0.258 e. The maximum Gasteiger partial charge on any atom is 0.0707 e. The van der Waals surface area contributed by atoms with Crippen LogP contribution in [-0.2, 0) is 0 Å². The third-order valence-electron chi connectivity index (χ3n) is 2.70. The molecule has 0 aliphatic rings. The van der Waals surface area contributed by atoms with Crippen molar-refractivity contribution in [1.82, 2.24) is 0 Å². The van der Waals surface area contributed by atoms with E-state index >= 15 is 0 Å². The lowest BCUT2D eigenvalue weighted by atomic mass is 9.98. The van der Waals surface area contributed by atoms with Crippen molar-refractivity contribution in [2.45, 2.75) is 13.8 Å². The predicted molar refractivity (Wildman–Crippen MR) is 79.5 cm³/mol. The zero-order chi connectivity index (χ0) is 13.0. The van der Waals surface area contributed by atoms with Crippen molar-refractivity contribution < 1.29 is 0 Å². The number of nitrogens with zero attached hydrogens (tertiary/aromatic N) is 1. The van der Waals surface area contributed by atoms with Gasteiger partial charge in [0.25, 0.3) is 0 Å². The Hall–Kier alpha value is -2.15. The summed E-state index contributed by atoms with van der Waals surface area (Å²) in [6, 6.07) is 18.3. The highest BCUT2D eigenvalue weighted by Crippen LogP contribution is 2.29. The summed E-state index contributed by atoms with van der Waals surface area (Å²) in [6.45, 7) is 8.20. The van der Waals surface area contributed by atoms with Crippen LogP contribution in [-0.4, -0.2) is 5.71 Å². The first-order valence-electron chi connectivity index (χ1n) is 6.04. The summed E-state index contributed by atoms with van der Waals surface area (Å²) in [4.78, 5) is 4.56. The van der Waals surface area contributed by atoms with Gasteiger partial charge in [-0.2, -0.15) is 0 Å². The van der Waals surface area contributed by atoms with Crippen molar-refractivity contribution in [2.24, 2.45) is 4.99 Å². The monoisotopic (exact) mass is 235 g/mol. The van der Waals surface area contributed by atoms with Crippen LogP contribution >= 0.6 is 0 Å². The van der Waals surface area contributed by atoms with Gasteiger partial charge in [0.15, 0.2) is 0 Å². The molecule has 1 nitrogen and oxygen atoms in total. The molecule has 0 saturated carbocycles. The molecule has 0 bridgehead atoms. The Morgan fingerprint density at radius 1 is 0.889 bits per heavy atom. The van der Waals surface area contributed by atoms with Crippen LogP contribution in [0.15, 0.2) is 66.2 Å². The standard InChI is InChI=1S/C17H17N/c1-13(2)18-17-12-8-7-11-16(17)14(3)15-9-5-4-6-10-15/h4-12H,3H2,1-2H3. The summed E-state index contributed by atoms with van der Waals surface area (Å²) < 4.78 is 0. The smallest absolute Gasteiger partial charge is 0.0707 e. The first-order chi connectivity index (χ1) is 8.68. The van der Waals surface area contributed by atoms with Gasteiger partial charge in [-0.05, 0) is 31.1 Å². The molecule has 0 amide bonds. The summed E-state index contributed by atoms with van der Waals surface area (Å²) in [5.41, 5.74) is 5.25. The molecule has 0 saturated heterocycles. The molecule has 0 atom stereocenters. The highest BCUT2D eigenvalue weighted by atomic mass is 14.7. The minimum atomic E-state index is 0.978. The minimum Gasteiger partial charge on any atom is -0.258 e. The minimum absolute atomic E-state index is 0.978. The Balaban J connectivity index is 2.46. The second kappa shape index (κ2) is 5.46. The topological polar surface area (TPSA) is 12.4 Å². The van der Waals surface area contributed by atoms with Crippen molar-refractivity contribution in [3.8, 4) is 0 Å². The fourth-order valence-corrected chi connectivity index (χ4v) is 1.86. The molecular weight excluding hydrogens is 218 g/mol. The van der Waals surface area contributed by atoms with Gasteiger partial charge in [0.05, 0.1) is 5.69 Å². The molecule has 0 N–H and O–H groups in total. The SMILES string of the molecule is C=C(c1ccccc1)c1ccccc1N=C(C)C. The van der Waals surface area contributed by atoms with Gasteiger partial charge in [-0.3, -0.25) is 4.99 Å². The number of para-hydroxylation sites is 1. The van der Waals surface area contributed by atoms with Crippen LogP contribution in [0.5, 0.6) is 0 Å². The molecule has 18 heavy (non-hydrogen) atoms. The molecular formula is C17H17N. The lowest BCUT2D eigenvalue weighted by Gasteiger charge is -2.09. The zero-order valence-electron chi connectivity index (χ0n) is 10.9. The number of benzene rings is 2. The second-order valence-electron chi connectivity index (χ2n) is 4.42. The fourth-order valence-electron chi connectivity index (χ4n) is 1.86. The number of rotatable bonds is 3. The van der Waals surface area contributed by atoms with Crippen molar-refractivity contribution in [3.05, 3.63) is 72.3 Å². The third-order valence-corrected chi connectivity index (χ3v) is 2.70. The van der Waals surface area contributed by atoms with E-state index in [0.717, 1.165) is 28.1 Å². The van der Waals surface area contributed by atoms with E-state index in [0.29, 0.717) is 0 Å². The van der Waals surface area contributed by atoms with Crippen LogP contribution in [0.25, 0.3) is 5.57 Å². The highest BCUT2D eigenvalue weighted by molar-refractivity contribution is 5.88. The van der Waals surface area contributed by atoms with E-state index in [1.165, 1.54) is 0 Å². The molecule has 2 aromatic rings. The van der Waals surface area contributed by atoms with Gasteiger partial charge in [0.1, 0.15) is 0 Å². The van der Waals surface area contributed by atoms with Crippen LogP contribution in [0.3, 0.4) is 0 Å². The van der Waals surface area contributed by atoms with Crippen LogP contribution in [0, 0.1) is 0 Å². The molecule has 0 aliphatic carbocycles. The molecule has 2 aromatic carbocycles. The van der Waals surface area contributed by atoms with Crippen LogP contribution < -0.4 is 0 Å². The molecule has 0 fully saturated rings. The second-order valence-corrected chi connectivity index (χ2v) is 4.42. The van der Waals surface area contributed by atoms with E-state index < -0.39 is 0 Å². The van der Waals surface area contributed by atoms with Gasteiger partial charge in [-0.15, -0.1) is 0 Å². The van der Waals surface area contributed by atoms with Crippen molar-refractivity contribution >= 4 is 17.0 Å². The quantitative estimate of drug-likeness (QED) is 0.674. The fraction of sp³-hybridized carbons (Fsp3) is 0.118. The molecule has 0 aliphatic heterocycles. The average Bonchev–Trinajstić information content (AvgIpc) is 2.39. The first kappa shape index (κ1) is 12.3. The van der Waals surface area contributed by atoms with Gasteiger partial charge < -0.3 is 0 Å². The first-order valence-corrected chi connectivity index (χ1v) is 6.04. The Bertz CT molecular complexity index is 576. The van der Waals surface area contributed by atoms with E-state index in [9.17, 15) is 0 Å². The summed E-state index contributed by atoms with van der Waals surface area (Å²) in [6.07, 6.45) is 0. The predicted octanol–water partition coefficient (Wildman–Crippen LogP) is 4.86. The molecule has 0 unspecified atom stereocenters. The number of hydrogen-bond donors (Lipinski definition) is 0. The van der Waals surface area contributed by atoms with Crippen LogP contribution in [0.1, 0.15) is 25.0 Å². The summed E-state index contributed by atoms with van der Waals surface area (Å²) >= 11 is 0. The average molecular weight is 235 g/mol. The van der Waals surface area contributed by atoms with Crippen molar-refractivity contribution in [2.75, 3.05) is 0 Å². The van der Waals surface area contributed by atoms with Crippen molar-refractivity contribution in [1.29, 1.82) is 0 Å². The number of aliphatic imine (C=N–C) groups is 1. The Kier molecular flexibility index (Phi) is 3.73. The maximum absolute atomic E-state index is 4.56. The third kappa shape index (κ3) is 2.75. The van der Waals surface area contributed by atoms with Crippen molar-refractivity contribution in [3.63, 3.8) is 0 Å². The van der Waals surface area contributed by atoms with Crippen LogP contribution in [0.2, 0.25) is 0 Å². The molecule has 90 valence electrons. The van der Waals surface area contributed by atoms with E-state index in [1.807, 2.05) is 50.2 Å². The Labute approximate surface area is 109 Å². The lowest BCUT2D eigenvalue weighted by Crippen LogP contribution is -1.88. The summed E-state index contributed by atoms with van der Waals surface area (Å²) in [5.74, 6) is 0. The summed E-state index contributed by atoms with van der Waals surface area (Å²) in [5, 5.41) is 0. The highest BCUT2D eigenvalue weighted by Gasteiger charge is 2.06. The van der Waals surface area contributed by atoms with E-state index in [-0.39, 0.29) is 0 Å². The van der Waals surface area contributed by atoms with Gasteiger partial charge in [-0.25, -0.2) is 0 Å². The maximum atomic E-state index is 4.56. The van der Waals surface area contributed by atoms with E-state index in [1.54, 1.807) is 0 Å². The van der Waals surface area contributed by atoms with E-state index in [2.05, 4.69) is 29.8 Å². The molecule has 0 aromatic heterocycles. The molecule has 0 radical (unpaired) electrons. The van der Waals surface area contributed by atoms with Gasteiger partial charge >= 0.3 is 0 Å². The molecule has 0 spiro atoms.